The number of anilines is 2. The minimum absolute atomic E-state index is 0.338. The number of ether oxygens (including phenoxy) is 1. The SMILES string of the molecule is COCCn1nc(C)c(Nc2ccc(C(F)(F)F)cn2)c1C. The third-order valence-corrected chi connectivity index (χ3v) is 3.23. The Morgan fingerprint density at radius 3 is 2.55 bits per heavy atom. The lowest BCUT2D eigenvalue weighted by Crippen LogP contribution is -2.08. The van der Waals surface area contributed by atoms with E-state index in [-0.39, 0.29) is 0 Å². The maximum absolute atomic E-state index is 12.5. The van der Waals surface area contributed by atoms with E-state index in [0.717, 1.165) is 29.3 Å². The first-order valence-electron chi connectivity index (χ1n) is 6.66. The predicted octanol–water partition coefficient (Wildman–Crippen LogP) is 3.30. The second-order valence-electron chi connectivity index (χ2n) is 4.82. The molecule has 0 unspecified atom stereocenters. The summed E-state index contributed by atoms with van der Waals surface area (Å²) in [4.78, 5) is 3.80. The van der Waals surface area contributed by atoms with Crippen LogP contribution in [0.3, 0.4) is 0 Å². The van der Waals surface area contributed by atoms with Crippen LogP contribution in [0.1, 0.15) is 17.0 Å². The third kappa shape index (κ3) is 3.56. The molecule has 2 aromatic heterocycles. The summed E-state index contributed by atoms with van der Waals surface area (Å²) in [6.45, 7) is 4.83. The highest BCUT2D eigenvalue weighted by Crippen LogP contribution is 2.30. The van der Waals surface area contributed by atoms with Crippen molar-refractivity contribution in [3.63, 3.8) is 0 Å². The Labute approximate surface area is 126 Å². The van der Waals surface area contributed by atoms with Crippen LogP contribution < -0.4 is 5.32 Å². The largest absolute Gasteiger partial charge is 0.417 e. The molecule has 8 heteroatoms. The van der Waals surface area contributed by atoms with Crippen LogP contribution in [0.25, 0.3) is 0 Å². The number of nitrogens with one attached hydrogen (secondary N) is 1. The zero-order chi connectivity index (χ0) is 16.3. The lowest BCUT2D eigenvalue weighted by Gasteiger charge is -2.09. The Balaban J connectivity index is 2.18. The van der Waals surface area contributed by atoms with Gasteiger partial charge in [-0.2, -0.15) is 18.3 Å². The van der Waals surface area contributed by atoms with Gasteiger partial charge in [0, 0.05) is 13.3 Å². The molecule has 0 saturated heterocycles. The van der Waals surface area contributed by atoms with Crippen LogP contribution >= 0.6 is 0 Å². The summed E-state index contributed by atoms with van der Waals surface area (Å²) in [5.41, 5.74) is 1.58. The van der Waals surface area contributed by atoms with Crippen LogP contribution in [0.2, 0.25) is 0 Å². The molecule has 22 heavy (non-hydrogen) atoms. The minimum atomic E-state index is -4.39. The van der Waals surface area contributed by atoms with E-state index in [1.807, 2.05) is 13.8 Å². The van der Waals surface area contributed by atoms with Crippen LogP contribution in [0, 0.1) is 13.8 Å². The topological polar surface area (TPSA) is 52.0 Å². The third-order valence-electron chi connectivity index (χ3n) is 3.23. The molecule has 0 amide bonds. The highest BCUT2D eigenvalue weighted by Gasteiger charge is 2.30. The van der Waals surface area contributed by atoms with E-state index in [1.54, 1.807) is 11.8 Å². The van der Waals surface area contributed by atoms with E-state index in [1.165, 1.54) is 6.07 Å². The van der Waals surface area contributed by atoms with Crippen molar-refractivity contribution in [3.05, 3.63) is 35.3 Å². The number of aromatic nitrogens is 3. The maximum atomic E-state index is 12.5. The number of methoxy groups -OCH3 is 1. The monoisotopic (exact) mass is 314 g/mol. The van der Waals surface area contributed by atoms with E-state index in [9.17, 15) is 13.2 Å². The molecule has 0 fully saturated rings. The molecule has 120 valence electrons. The number of alkyl halides is 3. The highest BCUT2D eigenvalue weighted by atomic mass is 19.4. The van der Waals surface area contributed by atoms with E-state index in [4.69, 9.17) is 4.74 Å². The van der Waals surface area contributed by atoms with Gasteiger partial charge in [0.2, 0.25) is 0 Å². The van der Waals surface area contributed by atoms with Crippen LogP contribution in [0.5, 0.6) is 0 Å². The number of nitrogens with zero attached hydrogens (tertiary/aromatic N) is 3. The lowest BCUT2D eigenvalue weighted by atomic mass is 10.2. The summed E-state index contributed by atoms with van der Waals surface area (Å²) in [5.74, 6) is 0.338. The summed E-state index contributed by atoms with van der Waals surface area (Å²) >= 11 is 0. The van der Waals surface area contributed by atoms with E-state index in [2.05, 4.69) is 15.4 Å². The van der Waals surface area contributed by atoms with Crippen molar-refractivity contribution in [2.75, 3.05) is 19.0 Å². The van der Waals surface area contributed by atoms with Crippen molar-refractivity contribution in [2.24, 2.45) is 0 Å². The first kappa shape index (κ1) is 16.3. The molecule has 2 heterocycles. The zero-order valence-electron chi connectivity index (χ0n) is 12.5. The highest BCUT2D eigenvalue weighted by molar-refractivity contribution is 5.61. The van der Waals surface area contributed by atoms with E-state index < -0.39 is 11.7 Å². The lowest BCUT2D eigenvalue weighted by molar-refractivity contribution is -0.137. The zero-order valence-corrected chi connectivity index (χ0v) is 12.5. The number of halogens is 3. The maximum Gasteiger partial charge on any atom is 0.417 e. The molecular weight excluding hydrogens is 297 g/mol. The Hall–Kier alpha value is -2.09. The molecule has 0 aromatic carbocycles. The number of aryl methyl sites for hydroxylation is 1. The van der Waals surface area contributed by atoms with Gasteiger partial charge >= 0.3 is 6.18 Å². The fraction of sp³-hybridized carbons (Fsp3) is 0.429. The van der Waals surface area contributed by atoms with Crippen molar-refractivity contribution in [1.29, 1.82) is 0 Å². The van der Waals surface area contributed by atoms with Gasteiger partial charge in [-0.3, -0.25) is 4.68 Å². The van der Waals surface area contributed by atoms with Crippen molar-refractivity contribution >= 4 is 11.5 Å². The second kappa shape index (κ2) is 6.35. The number of rotatable bonds is 5. The first-order valence-corrected chi connectivity index (χ1v) is 6.66. The standard InChI is InChI=1S/C14H17F3N4O/c1-9-13(10(2)21(20-9)6-7-22-3)19-12-5-4-11(8-18-12)14(15,16)17/h4-5,8H,6-7H2,1-3H3,(H,18,19). The average Bonchev–Trinajstić information content (AvgIpc) is 2.72. The van der Waals surface area contributed by atoms with Gasteiger partial charge in [-0.15, -0.1) is 0 Å². The van der Waals surface area contributed by atoms with Crippen molar-refractivity contribution < 1.29 is 17.9 Å². The molecule has 0 saturated carbocycles. The molecule has 0 aliphatic heterocycles. The number of hydrogen-bond donors (Lipinski definition) is 1. The Morgan fingerprint density at radius 2 is 2.00 bits per heavy atom. The quantitative estimate of drug-likeness (QED) is 0.920. The number of pyridine rings is 1. The molecule has 0 atom stereocenters. The van der Waals surface area contributed by atoms with E-state index >= 15 is 0 Å². The van der Waals surface area contributed by atoms with Gasteiger partial charge in [-0.1, -0.05) is 0 Å². The van der Waals surface area contributed by atoms with Gasteiger partial charge < -0.3 is 10.1 Å². The summed E-state index contributed by atoms with van der Waals surface area (Å²) < 4.78 is 44.3. The van der Waals surface area contributed by atoms with Crippen molar-refractivity contribution in [2.45, 2.75) is 26.6 Å². The van der Waals surface area contributed by atoms with Crippen molar-refractivity contribution in [3.8, 4) is 0 Å². The fourth-order valence-corrected chi connectivity index (χ4v) is 2.04. The van der Waals surface area contributed by atoms with E-state index in [0.29, 0.717) is 19.0 Å². The molecule has 0 aliphatic rings. The normalized spacial score (nSPS) is 11.7. The van der Waals surface area contributed by atoms with Gasteiger partial charge in [-0.05, 0) is 26.0 Å². The van der Waals surface area contributed by atoms with Crippen molar-refractivity contribution in [1.82, 2.24) is 14.8 Å². The number of hydrogen-bond acceptors (Lipinski definition) is 4. The van der Waals surface area contributed by atoms with Crippen LogP contribution in [0.15, 0.2) is 18.3 Å². The average molecular weight is 314 g/mol. The Morgan fingerprint density at radius 1 is 1.27 bits per heavy atom. The Bertz CT molecular complexity index is 635. The minimum Gasteiger partial charge on any atom is -0.383 e. The van der Waals surface area contributed by atoms with Crippen LogP contribution in [-0.4, -0.2) is 28.5 Å². The summed E-state index contributed by atoms with van der Waals surface area (Å²) in [5, 5.41) is 7.38. The summed E-state index contributed by atoms with van der Waals surface area (Å²) in [6, 6.07) is 2.30. The van der Waals surface area contributed by atoms with Gasteiger partial charge in [0.15, 0.2) is 0 Å². The van der Waals surface area contributed by atoms with Gasteiger partial charge in [0.05, 0.1) is 35.8 Å². The second-order valence-corrected chi connectivity index (χ2v) is 4.82. The molecule has 0 radical (unpaired) electrons. The first-order chi connectivity index (χ1) is 10.3. The molecule has 2 aromatic rings. The van der Waals surface area contributed by atoms with Gasteiger partial charge in [0.1, 0.15) is 5.82 Å². The molecule has 0 bridgehead atoms. The Kier molecular flexibility index (Phi) is 4.70. The van der Waals surface area contributed by atoms with Gasteiger partial charge in [-0.25, -0.2) is 4.98 Å². The molecule has 0 aliphatic carbocycles. The van der Waals surface area contributed by atoms with Crippen LogP contribution in [-0.2, 0) is 17.5 Å². The van der Waals surface area contributed by atoms with Gasteiger partial charge in [0.25, 0.3) is 0 Å². The molecule has 1 N–H and O–H groups in total. The smallest absolute Gasteiger partial charge is 0.383 e. The molecular formula is C14H17F3N4O. The summed E-state index contributed by atoms with van der Waals surface area (Å²) in [6.07, 6.45) is -3.58. The molecule has 2 rings (SSSR count). The molecule has 5 nitrogen and oxygen atoms in total. The fourth-order valence-electron chi connectivity index (χ4n) is 2.04. The van der Waals surface area contributed by atoms with Crippen LogP contribution in [0.4, 0.5) is 24.7 Å². The predicted molar refractivity (Wildman–Crippen MR) is 76.1 cm³/mol. The summed E-state index contributed by atoms with van der Waals surface area (Å²) in [7, 11) is 1.61. The molecule has 0 spiro atoms.